The second kappa shape index (κ2) is 2.58. The smallest absolute Gasteiger partial charge is 0.0434 e. The molecule has 3 nitrogen and oxygen atoms in total. The van der Waals surface area contributed by atoms with E-state index in [0.717, 1.165) is 19.3 Å². The summed E-state index contributed by atoms with van der Waals surface area (Å²) in [7, 11) is 0. The molecule has 58 valence electrons. The topological polar surface area (TPSA) is 72.9 Å². The SMILES string of the molecule is N=C([O-])C1(N)CCCCC1. The third kappa shape index (κ3) is 1.29. The normalized spacial score (nSPS) is 24.1. The standard InChI is InChI=1S/C7H14N2O/c8-6(10)7(9)4-2-1-3-5-7/h1-5,9H2,(H2,8,10)/p-1. The quantitative estimate of drug-likeness (QED) is 0.398. The lowest BCUT2D eigenvalue weighted by molar-refractivity contribution is -0.228. The van der Waals surface area contributed by atoms with E-state index in [2.05, 4.69) is 0 Å². The first-order chi connectivity index (χ1) is 4.65. The van der Waals surface area contributed by atoms with Crippen LogP contribution in [-0.4, -0.2) is 11.4 Å². The van der Waals surface area contributed by atoms with Crippen molar-refractivity contribution in [2.75, 3.05) is 0 Å². The first kappa shape index (κ1) is 7.54. The summed E-state index contributed by atoms with van der Waals surface area (Å²) in [5, 5.41) is 17.6. The average molecular weight is 141 g/mol. The lowest BCUT2D eigenvalue weighted by Gasteiger charge is -2.36. The Bertz CT molecular complexity index is 139. The van der Waals surface area contributed by atoms with E-state index in [9.17, 15) is 5.11 Å². The average Bonchev–Trinajstić information content (AvgIpc) is 1.89. The molecule has 3 heteroatoms. The van der Waals surface area contributed by atoms with Gasteiger partial charge < -0.3 is 16.2 Å². The van der Waals surface area contributed by atoms with Crippen molar-refractivity contribution in [2.45, 2.75) is 37.6 Å². The fourth-order valence-electron chi connectivity index (χ4n) is 1.41. The fraction of sp³-hybridized carbons (Fsp3) is 0.857. The zero-order valence-electron chi connectivity index (χ0n) is 6.02. The summed E-state index contributed by atoms with van der Waals surface area (Å²) in [4.78, 5) is 0. The van der Waals surface area contributed by atoms with Crippen molar-refractivity contribution in [1.82, 2.24) is 0 Å². The minimum atomic E-state index is -0.793. The Balaban J connectivity index is 2.56. The summed E-state index contributed by atoms with van der Waals surface area (Å²) in [6.45, 7) is 0. The molecule has 0 saturated heterocycles. The largest absolute Gasteiger partial charge is 0.861 e. The molecule has 1 rings (SSSR count). The highest BCUT2D eigenvalue weighted by molar-refractivity contribution is 5.79. The van der Waals surface area contributed by atoms with Crippen LogP contribution in [0.4, 0.5) is 0 Å². The molecule has 0 aliphatic heterocycles. The molecule has 0 amide bonds. The Morgan fingerprint density at radius 2 is 1.80 bits per heavy atom. The molecular formula is C7H13N2O-. The molecule has 10 heavy (non-hydrogen) atoms. The third-order valence-electron chi connectivity index (χ3n) is 2.20. The summed E-state index contributed by atoms with van der Waals surface area (Å²) in [6, 6.07) is 0. The van der Waals surface area contributed by atoms with Gasteiger partial charge in [0.15, 0.2) is 0 Å². The van der Waals surface area contributed by atoms with Gasteiger partial charge in [-0.15, -0.1) is 0 Å². The molecule has 1 saturated carbocycles. The molecule has 0 bridgehead atoms. The maximum atomic E-state index is 10.7. The van der Waals surface area contributed by atoms with Crippen molar-refractivity contribution in [2.24, 2.45) is 5.73 Å². The Morgan fingerprint density at radius 3 is 2.10 bits per heavy atom. The van der Waals surface area contributed by atoms with E-state index >= 15 is 0 Å². The zero-order valence-corrected chi connectivity index (χ0v) is 6.02. The third-order valence-corrected chi connectivity index (χ3v) is 2.20. The van der Waals surface area contributed by atoms with Crippen LogP contribution >= 0.6 is 0 Å². The van der Waals surface area contributed by atoms with Crippen LogP contribution in [0, 0.1) is 5.41 Å². The Morgan fingerprint density at radius 1 is 1.30 bits per heavy atom. The predicted octanol–water partition coefficient (Wildman–Crippen LogP) is -0.0144. The predicted molar refractivity (Wildman–Crippen MR) is 37.7 cm³/mol. The first-order valence-electron chi connectivity index (χ1n) is 3.70. The van der Waals surface area contributed by atoms with E-state index in [1.165, 1.54) is 0 Å². The van der Waals surface area contributed by atoms with Gasteiger partial charge in [-0.05, 0) is 18.7 Å². The van der Waals surface area contributed by atoms with Gasteiger partial charge in [-0.3, -0.25) is 0 Å². The molecular weight excluding hydrogens is 128 g/mol. The lowest BCUT2D eigenvalue weighted by Crippen LogP contribution is -2.54. The monoisotopic (exact) mass is 141 g/mol. The van der Waals surface area contributed by atoms with Gasteiger partial charge in [0.05, 0.1) is 0 Å². The van der Waals surface area contributed by atoms with Crippen molar-refractivity contribution in [3.05, 3.63) is 0 Å². The van der Waals surface area contributed by atoms with Gasteiger partial charge in [-0.1, -0.05) is 19.3 Å². The Kier molecular flexibility index (Phi) is 1.94. The molecule has 0 aromatic rings. The van der Waals surface area contributed by atoms with E-state index < -0.39 is 11.4 Å². The van der Waals surface area contributed by atoms with Crippen LogP contribution in [0.2, 0.25) is 0 Å². The van der Waals surface area contributed by atoms with E-state index in [1.807, 2.05) is 0 Å². The number of hydrogen-bond acceptors (Lipinski definition) is 3. The van der Waals surface area contributed by atoms with E-state index in [1.54, 1.807) is 0 Å². The van der Waals surface area contributed by atoms with Crippen molar-refractivity contribution in [3.63, 3.8) is 0 Å². The van der Waals surface area contributed by atoms with Crippen molar-refractivity contribution >= 4 is 5.90 Å². The number of hydrogen-bond donors (Lipinski definition) is 2. The summed E-state index contributed by atoms with van der Waals surface area (Å²) in [5.74, 6) is -0.591. The lowest BCUT2D eigenvalue weighted by atomic mass is 9.82. The number of rotatable bonds is 1. The summed E-state index contributed by atoms with van der Waals surface area (Å²) in [5.41, 5.74) is 4.87. The number of nitrogens with two attached hydrogens (primary N) is 1. The highest BCUT2D eigenvalue weighted by Gasteiger charge is 2.26. The second-order valence-corrected chi connectivity index (χ2v) is 3.05. The van der Waals surface area contributed by atoms with Crippen LogP contribution in [0.1, 0.15) is 32.1 Å². The van der Waals surface area contributed by atoms with Gasteiger partial charge >= 0.3 is 0 Å². The minimum Gasteiger partial charge on any atom is -0.861 e. The molecule has 3 N–H and O–H groups in total. The maximum absolute atomic E-state index is 10.7. The van der Waals surface area contributed by atoms with E-state index in [0.29, 0.717) is 12.8 Å². The summed E-state index contributed by atoms with van der Waals surface area (Å²) >= 11 is 0. The van der Waals surface area contributed by atoms with Crippen LogP contribution in [0.5, 0.6) is 0 Å². The van der Waals surface area contributed by atoms with Crippen LogP contribution in [-0.2, 0) is 0 Å². The van der Waals surface area contributed by atoms with Crippen LogP contribution in [0.25, 0.3) is 0 Å². The molecule has 0 spiro atoms. The first-order valence-corrected chi connectivity index (χ1v) is 3.70. The highest BCUT2D eigenvalue weighted by Crippen LogP contribution is 2.25. The van der Waals surface area contributed by atoms with Crippen molar-refractivity contribution < 1.29 is 5.11 Å². The van der Waals surface area contributed by atoms with Crippen LogP contribution in [0.15, 0.2) is 0 Å². The van der Waals surface area contributed by atoms with Gasteiger partial charge in [0, 0.05) is 5.54 Å². The molecule has 0 heterocycles. The molecule has 0 aromatic carbocycles. The molecule has 0 aromatic heterocycles. The molecule has 1 aliphatic rings. The second-order valence-electron chi connectivity index (χ2n) is 3.05. The molecule has 1 aliphatic carbocycles. The summed E-state index contributed by atoms with van der Waals surface area (Å²) < 4.78 is 0. The van der Waals surface area contributed by atoms with Gasteiger partial charge in [0.1, 0.15) is 0 Å². The van der Waals surface area contributed by atoms with Gasteiger partial charge in [0.2, 0.25) is 0 Å². The van der Waals surface area contributed by atoms with Crippen LogP contribution in [0.3, 0.4) is 0 Å². The summed E-state index contributed by atoms with van der Waals surface area (Å²) in [6.07, 6.45) is 4.57. The van der Waals surface area contributed by atoms with Gasteiger partial charge in [-0.2, -0.15) is 0 Å². The van der Waals surface area contributed by atoms with E-state index in [4.69, 9.17) is 11.1 Å². The molecule has 0 unspecified atom stereocenters. The minimum absolute atomic E-state index is 0.591. The highest BCUT2D eigenvalue weighted by atomic mass is 16.3. The fourth-order valence-corrected chi connectivity index (χ4v) is 1.41. The van der Waals surface area contributed by atoms with Gasteiger partial charge in [-0.25, -0.2) is 0 Å². The Labute approximate surface area is 60.7 Å². The molecule has 1 fully saturated rings. The zero-order chi connectivity index (χ0) is 7.61. The maximum Gasteiger partial charge on any atom is 0.0434 e. The van der Waals surface area contributed by atoms with Crippen molar-refractivity contribution in [3.8, 4) is 0 Å². The van der Waals surface area contributed by atoms with Gasteiger partial charge in [0.25, 0.3) is 0 Å². The number of nitrogens with one attached hydrogen (secondary N) is 1. The van der Waals surface area contributed by atoms with Crippen molar-refractivity contribution in [1.29, 1.82) is 5.41 Å². The van der Waals surface area contributed by atoms with E-state index in [-0.39, 0.29) is 0 Å². The molecule has 0 radical (unpaired) electrons. The van der Waals surface area contributed by atoms with Crippen LogP contribution < -0.4 is 10.8 Å². The molecule has 0 atom stereocenters. The Hall–Kier alpha value is -0.570.